The third kappa shape index (κ3) is 1.98. The van der Waals surface area contributed by atoms with E-state index in [0.29, 0.717) is 4.47 Å². The number of rotatable bonds is 2. The molecule has 0 unspecified atom stereocenters. The molecule has 0 aliphatic carbocycles. The van der Waals surface area contributed by atoms with E-state index in [4.69, 9.17) is 0 Å². The first kappa shape index (κ1) is 9.98. The van der Waals surface area contributed by atoms with Gasteiger partial charge in [-0.3, -0.25) is 10.1 Å². The number of nitro benzene ring substituents is 1. The van der Waals surface area contributed by atoms with Crippen LogP contribution in [0.2, 0.25) is 0 Å². The quantitative estimate of drug-likeness (QED) is 0.643. The molecule has 1 aromatic carbocycles. The molecular weight excluding hydrogens is 236 g/mol. The van der Waals surface area contributed by atoms with E-state index in [1.165, 1.54) is 6.07 Å². The zero-order chi connectivity index (χ0) is 10.0. The van der Waals surface area contributed by atoms with E-state index in [0.717, 1.165) is 11.3 Å². The Morgan fingerprint density at radius 2 is 2.15 bits per heavy atom. The molecule has 1 aromatic rings. The van der Waals surface area contributed by atoms with Gasteiger partial charge in [0.05, 0.1) is 9.40 Å². The van der Waals surface area contributed by atoms with Crippen LogP contribution in [0.4, 0.5) is 11.4 Å². The third-order valence-corrected chi connectivity index (χ3v) is 2.40. The fraction of sp³-hybridized carbons (Fsp3) is 0.250. The molecule has 0 bridgehead atoms. The van der Waals surface area contributed by atoms with Crippen LogP contribution < -0.4 is 5.32 Å². The van der Waals surface area contributed by atoms with Crippen molar-refractivity contribution in [1.29, 1.82) is 0 Å². The fourth-order valence-electron chi connectivity index (χ4n) is 1.07. The maximum Gasteiger partial charge on any atom is 0.285 e. The summed E-state index contributed by atoms with van der Waals surface area (Å²) in [5.41, 5.74) is 1.82. The molecule has 0 radical (unpaired) electrons. The van der Waals surface area contributed by atoms with Crippen LogP contribution in [-0.4, -0.2) is 12.0 Å². The summed E-state index contributed by atoms with van der Waals surface area (Å²) in [7, 11) is 1.74. The zero-order valence-electron chi connectivity index (χ0n) is 7.30. The number of anilines is 1. The van der Waals surface area contributed by atoms with Crippen molar-refractivity contribution in [2.45, 2.75) is 6.92 Å². The molecule has 0 aromatic heterocycles. The first-order valence-electron chi connectivity index (χ1n) is 3.68. The summed E-state index contributed by atoms with van der Waals surface area (Å²) in [4.78, 5) is 10.1. The molecule has 1 rings (SSSR count). The maximum atomic E-state index is 10.5. The van der Waals surface area contributed by atoms with Crippen molar-refractivity contribution >= 4 is 27.3 Å². The topological polar surface area (TPSA) is 55.2 Å². The first-order valence-corrected chi connectivity index (χ1v) is 4.48. The predicted molar refractivity (Wildman–Crippen MR) is 55.1 cm³/mol. The molecule has 0 amide bonds. The van der Waals surface area contributed by atoms with Crippen LogP contribution in [0.15, 0.2) is 16.6 Å². The molecule has 13 heavy (non-hydrogen) atoms. The highest BCUT2D eigenvalue weighted by molar-refractivity contribution is 9.10. The van der Waals surface area contributed by atoms with Gasteiger partial charge in [0, 0.05) is 18.8 Å². The monoisotopic (exact) mass is 244 g/mol. The Labute approximate surface area is 84.2 Å². The SMILES string of the molecule is CNc1cc([N+](=O)[O-])c(Br)cc1C. The molecule has 1 N–H and O–H groups in total. The Morgan fingerprint density at radius 3 is 2.62 bits per heavy atom. The van der Waals surface area contributed by atoms with Gasteiger partial charge in [0.1, 0.15) is 0 Å². The summed E-state index contributed by atoms with van der Waals surface area (Å²) in [5.74, 6) is 0. The average molecular weight is 245 g/mol. The molecule has 0 heterocycles. The van der Waals surface area contributed by atoms with Crippen molar-refractivity contribution in [2.24, 2.45) is 0 Å². The van der Waals surface area contributed by atoms with Crippen LogP contribution in [0.3, 0.4) is 0 Å². The Balaban J connectivity index is 3.30. The Hall–Kier alpha value is -1.10. The smallest absolute Gasteiger partial charge is 0.285 e. The van der Waals surface area contributed by atoms with Gasteiger partial charge in [0.15, 0.2) is 0 Å². The molecule has 0 aliphatic heterocycles. The summed E-state index contributed by atoms with van der Waals surface area (Å²) in [6.45, 7) is 1.89. The van der Waals surface area contributed by atoms with Crippen LogP contribution >= 0.6 is 15.9 Å². The summed E-state index contributed by atoms with van der Waals surface area (Å²) < 4.78 is 0.508. The van der Waals surface area contributed by atoms with Crippen molar-refractivity contribution in [2.75, 3.05) is 12.4 Å². The lowest BCUT2D eigenvalue weighted by atomic mass is 10.2. The minimum Gasteiger partial charge on any atom is -0.388 e. The van der Waals surface area contributed by atoms with Crippen molar-refractivity contribution in [3.8, 4) is 0 Å². The van der Waals surface area contributed by atoms with Gasteiger partial charge in [-0.05, 0) is 34.5 Å². The second-order valence-electron chi connectivity index (χ2n) is 2.63. The van der Waals surface area contributed by atoms with E-state index in [1.54, 1.807) is 13.1 Å². The number of hydrogen-bond donors (Lipinski definition) is 1. The van der Waals surface area contributed by atoms with Gasteiger partial charge in [0.25, 0.3) is 5.69 Å². The van der Waals surface area contributed by atoms with Crippen LogP contribution in [-0.2, 0) is 0 Å². The highest BCUT2D eigenvalue weighted by Gasteiger charge is 2.13. The second kappa shape index (κ2) is 3.74. The molecule has 5 heteroatoms. The summed E-state index contributed by atoms with van der Waals surface area (Å²) in [6, 6.07) is 3.24. The number of nitrogens with one attached hydrogen (secondary N) is 1. The lowest BCUT2D eigenvalue weighted by Crippen LogP contribution is -1.95. The molecule has 0 fully saturated rings. The third-order valence-electron chi connectivity index (χ3n) is 1.76. The number of halogens is 1. The lowest BCUT2D eigenvalue weighted by Gasteiger charge is -2.05. The number of hydrogen-bond acceptors (Lipinski definition) is 3. The average Bonchev–Trinajstić information content (AvgIpc) is 2.03. The second-order valence-corrected chi connectivity index (χ2v) is 3.48. The minimum atomic E-state index is -0.412. The first-order chi connectivity index (χ1) is 6.06. The van der Waals surface area contributed by atoms with E-state index in [2.05, 4.69) is 21.2 Å². The Bertz CT molecular complexity index is 352. The van der Waals surface area contributed by atoms with Gasteiger partial charge in [-0.2, -0.15) is 0 Å². The Morgan fingerprint density at radius 1 is 1.54 bits per heavy atom. The van der Waals surface area contributed by atoms with Gasteiger partial charge >= 0.3 is 0 Å². The highest BCUT2D eigenvalue weighted by atomic mass is 79.9. The molecule has 0 atom stereocenters. The molecule has 0 saturated heterocycles. The summed E-state index contributed by atoms with van der Waals surface area (Å²) in [6.07, 6.45) is 0. The van der Waals surface area contributed by atoms with Gasteiger partial charge in [-0.25, -0.2) is 0 Å². The molecule has 0 spiro atoms. The van der Waals surface area contributed by atoms with Crippen LogP contribution in [0.25, 0.3) is 0 Å². The van der Waals surface area contributed by atoms with Gasteiger partial charge in [-0.15, -0.1) is 0 Å². The van der Waals surface area contributed by atoms with E-state index in [1.807, 2.05) is 6.92 Å². The van der Waals surface area contributed by atoms with E-state index >= 15 is 0 Å². The van der Waals surface area contributed by atoms with Crippen molar-refractivity contribution in [1.82, 2.24) is 0 Å². The van der Waals surface area contributed by atoms with E-state index < -0.39 is 4.92 Å². The number of benzene rings is 1. The minimum absolute atomic E-state index is 0.0787. The van der Waals surface area contributed by atoms with Crippen molar-refractivity contribution < 1.29 is 4.92 Å². The molecule has 4 nitrogen and oxygen atoms in total. The Kier molecular flexibility index (Phi) is 2.87. The number of nitrogens with zero attached hydrogens (tertiary/aromatic N) is 1. The standard InChI is InChI=1S/C8H9BrN2O2/c1-5-3-6(9)8(11(12)13)4-7(5)10-2/h3-4,10H,1-2H3. The van der Waals surface area contributed by atoms with Gasteiger partial charge < -0.3 is 5.32 Å². The largest absolute Gasteiger partial charge is 0.388 e. The molecule has 0 aliphatic rings. The van der Waals surface area contributed by atoms with Crippen molar-refractivity contribution in [3.63, 3.8) is 0 Å². The van der Waals surface area contributed by atoms with E-state index in [9.17, 15) is 10.1 Å². The zero-order valence-corrected chi connectivity index (χ0v) is 8.88. The van der Waals surface area contributed by atoms with Crippen LogP contribution in [0.5, 0.6) is 0 Å². The normalized spacial score (nSPS) is 9.77. The lowest BCUT2D eigenvalue weighted by molar-refractivity contribution is -0.385. The maximum absolute atomic E-state index is 10.5. The highest BCUT2D eigenvalue weighted by Crippen LogP contribution is 2.30. The van der Waals surface area contributed by atoms with E-state index in [-0.39, 0.29) is 5.69 Å². The van der Waals surface area contributed by atoms with Crippen LogP contribution in [0.1, 0.15) is 5.56 Å². The predicted octanol–water partition coefficient (Wildman–Crippen LogP) is 2.71. The van der Waals surface area contributed by atoms with Crippen LogP contribution in [0, 0.1) is 17.0 Å². The van der Waals surface area contributed by atoms with Crippen molar-refractivity contribution in [3.05, 3.63) is 32.3 Å². The molecular formula is C8H9BrN2O2. The molecule has 70 valence electrons. The number of aryl methyl sites for hydroxylation is 1. The molecule has 0 saturated carbocycles. The number of nitro groups is 1. The van der Waals surface area contributed by atoms with Gasteiger partial charge in [0.2, 0.25) is 0 Å². The van der Waals surface area contributed by atoms with Gasteiger partial charge in [-0.1, -0.05) is 0 Å². The fourth-order valence-corrected chi connectivity index (χ4v) is 1.67. The summed E-state index contributed by atoms with van der Waals surface area (Å²) in [5, 5.41) is 13.4. The summed E-state index contributed by atoms with van der Waals surface area (Å²) >= 11 is 3.14.